The summed E-state index contributed by atoms with van der Waals surface area (Å²) in [5.74, 6) is 0.0202. The summed E-state index contributed by atoms with van der Waals surface area (Å²) in [6.45, 7) is 6.02. The molecule has 0 fully saturated rings. The second-order valence-electron chi connectivity index (χ2n) is 4.76. The zero-order valence-corrected chi connectivity index (χ0v) is 10.4. The smallest absolute Gasteiger partial charge is 0.224 e. The van der Waals surface area contributed by atoms with Crippen molar-refractivity contribution in [3.63, 3.8) is 0 Å². The lowest BCUT2D eigenvalue weighted by Crippen LogP contribution is -2.15. The van der Waals surface area contributed by atoms with Gasteiger partial charge in [0.15, 0.2) is 5.66 Å². The number of aryl methyl sites for hydroxylation is 2. The fourth-order valence-electron chi connectivity index (χ4n) is 1.58. The minimum absolute atomic E-state index is 0.0202. The lowest BCUT2D eigenvalue weighted by molar-refractivity contribution is -0.116. The Morgan fingerprint density at radius 2 is 2.00 bits per heavy atom. The molecule has 90 valence electrons. The van der Waals surface area contributed by atoms with Crippen LogP contribution in [0.3, 0.4) is 0 Å². The van der Waals surface area contributed by atoms with Crippen LogP contribution in [0, 0.1) is 13.8 Å². The number of anilines is 1. The fourth-order valence-corrected chi connectivity index (χ4v) is 1.58. The molecule has 1 N–H and O–H groups in total. The summed E-state index contributed by atoms with van der Waals surface area (Å²) >= 11 is 0. The van der Waals surface area contributed by atoms with E-state index >= 15 is 0 Å². The van der Waals surface area contributed by atoms with Crippen molar-refractivity contribution in [3.05, 3.63) is 29.3 Å². The SMILES string of the molecule is Cc1ccc(NC(=O)CCC2(C)N=N2)cc1C. The largest absolute Gasteiger partial charge is 0.326 e. The van der Waals surface area contributed by atoms with Crippen LogP contribution in [-0.4, -0.2) is 11.6 Å². The highest BCUT2D eigenvalue weighted by molar-refractivity contribution is 5.90. The molecule has 17 heavy (non-hydrogen) atoms. The summed E-state index contributed by atoms with van der Waals surface area (Å²) in [5, 5.41) is 10.7. The maximum atomic E-state index is 11.7. The molecule has 0 bridgehead atoms. The first-order valence-corrected chi connectivity index (χ1v) is 5.80. The van der Waals surface area contributed by atoms with E-state index in [-0.39, 0.29) is 11.6 Å². The van der Waals surface area contributed by atoms with Crippen LogP contribution in [0.25, 0.3) is 0 Å². The molecule has 0 atom stereocenters. The van der Waals surface area contributed by atoms with Crippen molar-refractivity contribution in [1.29, 1.82) is 0 Å². The third-order valence-corrected chi connectivity index (χ3v) is 3.06. The van der Waals surface area contributed by atoms with E-state index in [2.05, 4.69) is 22.5 Å². The van der Waals surface area contributed by atoms with E-state index in [1.165, 1.54) is 11.1 Å². The minimum Gasteiger partial charge on any atom is -0.326 e. The van der Waals surface area contributed by atoms with Gasteiger partial charge in [0.1, 0.15) is 0 Å². The second kappa shape index (κ2) is 4.28. The number of benzene rings is 1. The van der Waals surface area contributed by atoms with Crippen LogP contribution < -0.4 is 5.32 Å². The van der Waals surface area contributed by atoms with E-state index in [0.717, 1.165) is 5.69 Å². The van der Waals surface area contributed by atoms with Crippen molar-refractivity contribution in [3.8, 4) is 0 Å². The van der Waals surface area contributed by atoms with Gasteiger partial charge >= 0.3 is 0 Å². The standard InChI is InChI=1S/C13H17N3O/c1-9-4-5-11(8-10(9)2)14-12(17)6-7-13(3)15-16-13/h4-5,8H,6-7H2,1-3H3,(H,14,17). The molecule has 0 saturated carbocycles. The number of nitrogens with zero attached hydrogens (tertiary/aromatic N) is 2. The highest BCUT2D eigenvalue weighted by Crippen LogP contribution is 2.32. The lowest BCUT2D eigenvalue weighted by atomic mass is 10.1. The summed E-state index contributed by atoms with van der Waals surface area (Å²) in [5.41, 5.74) is 2.97. The highest BCUT2D eigenvalue weighted by atomic mass is 16.1. The second-order valence-corrected chi connectivity index (χ2v) is 4.76. The van der Waals surface area contributed by atoms with Gasteiger partial charge in [0.2, 0.25) is 5.91 Å². The van der Waals surface area contributed by atoms with Crippen molar-refractivity contribution in [1.82, 2.24) is 0 Å². The Hall–Kier alpha value is -1.71. The highest BCUT2D eigenvalue weighted by Gasteiger charge is 2.33. The van der Waals surface area contributed by atoms with Gasteiger partial charge in [-0.2, -0.15) is 10.2 Å². The van der Waals surface area contributed by atoms with E-state index < -0.39 is 0 Å². The van der Waals surface area contributed by atoms with Crippen molar-refractivity contribution in [2.45, 2.75) is 39.3 Å². The normalized spacial score (nSPS) is 15.7. The maximum absolute atomic E-state index is 11.7. The molecule has 1 aliphatic heterocycles. The van der Waals surface area contributed by atoms with Gasteiger partial charge in [0.25, 0.3) is 0 Å². The summed E-state index contributed by atoms with van der Waals surface area (Å²) in [4.78, 5) is 11.7. The van der Waals surface area contributed by atoms with Gasteiger partial charge in [-0.25, -0.2) is 0 Å². The van der Waals surface area contributed by atoms with Crippen molar-refractivity contribution in [2.75, 3.05) is 5.32 Å². The van der Waals surface area contributed by atoms with Crippen LogP contribution in [0.5, 0.6) is 0 Å². The lowest BCUT2D eigenvalue weighted by Gasteiger charge is -2.08. The molecule has 0 spiro atoms. The van der Waals surface area contributed by atoms with Crippen molar-refractivity contribution in [2.24, 2.45) is 10.2 Å². The van der Waals surface area contributed by atoms with Crippen LogP contribution in [0.2, 0.25) is 0 Å². The molecule has 1 heterocycles. The molecule has 0 aromatic heterocycles. The number of rotatable bonds is 4. The van der Waals surface area contributed by atoms with E-state index in [1.54, 1.807) is 0 Å². The molecule has 1 aromatic rings. The van der Waals surface area contributed by atoms with Gasteiger partial charge in [-0.3, -0.25) is 4.79 Å². The van der Waals surface area contributed by atoms with Gasteiger partial charge < -0.3 is 5.32 Å². The van der Waals surface area contributed by atoms with Gasteiger partial charge in [0, 0.05) is 18.5 Å². The van der Waals surface area contributed by atoms with E-state index in [4.69, 9.17) is 0 Å². The van der Waals surface area contributed by atoms with Gasteiger partial charge in [-0.05, 0) is 44.0 Å². The Kier molecular flexibility index (Phi) is 2.96. The first kappa shape index (κ1) is 11.8. The van der Waals surface area contributed by atoms with Crippen LogP contribution in [0.1, 0.15) is 30.9 Å². The molecule has 1 aliphatic rings. The summed E-state index contributed by atoms with van der Waals surface area (Å²) < 4.78 is 0. The molecule has 1 aromatic carbocycles. The molecular formula is C13H17N3O. The Morgan fingerprint density at radius 1 is 1.29 bits per heavy atom. The molecule has 0 radical (unpaired) electrons. The average molecular weight is 231 g/mol. The molecule has 0 saturated heterocycles. The molecule has 0 aliphatic carbocycles. The first-order valence-electron chi connectivity index (χ1n) is 5.80. The number of hydrogen-bond donors (Lipinski definition) is 1. The third kappa shape index (κ3) is 3.12. The van der Waals surface area contributed by atoms with Crippen LogP contribution in [-0.2, 0) is 4.79 Å². The summed E-state index contributed by atoms with van der Waals surface area (Å²) in [7, 11) is 0. The summed E-state index contributed by atoms with van der Waals surface area (Å²) in [6.07, 6.45) is 1.14. The molecular weight excluding hydrogens is 214 g/mol. The van der Waals surface area contributed by atoms with Crippen LogP contribution in [0.15, 0.2) is 28.4 Å². The number of nitrogens with one attached hydrogen (secondary N) is 1. The predicted octanol–water partition coefficient (Wildman–Crippen LogP) is 3.20. The average Bonchev–Trinajstić information content (AvgIpc) is 3.00. The number of amides is 1. The van der Waals surface area contributed by atoms with Gasteiger partial charge in [-0.1, -0.05) is 6.07 Å². The first-order chi connectivity index (χ1) is 7.98. The zero-order valence-electron chi connectivity index (χ0n) is 10.4. The molecule has 4 heteroatoms. The third-order valence-electron chi connectivity index (χ3n) is 3.06. The van der Waals surface area contributed by atoms with E-state index in [9.17, 15) is 4.79 Å². The number of carbonyl (C=O) groups is 1. The topological polar surface area (TPSA) is 53.8 Å². The van der Waals surface area contributed by atoms with Gasteiger partial charge in [0.05, 0.1) is 0 Å². The monoisotopic (exact) mass is 231 g/mol. The molecule has 0 unspecified atom stereocenters. The number of carbonyl (C=O) groups excluding carboxylic acids is 1. The predicted molar refractivity (Wildman–Crippen MR) is 67.0 cm³/mol. The quantitative estimate of drug-likeness (QED) is 0.850. The fraction of sp³-hybridized carbons (Fsp3) is 0.462. The summed E-state index contributed by atoms with van der Waals surface area (Å²) in [6, 6.07) is 5.92. The maximum Gasteiger partial charge on any atom is 0.224 e. The number of hydrogen-bond acceptors (Lipinski definition) is 3. The van der Waals surface area contributed by atoms with Crippen molar-refractivity contribution >= 4 is 11.6 Å². The molecule has 2 rings (SSSR count). The Bertz CT molecular complexity index is 474. The zero-order chi connectivity index (χ0) is 12.5. The Labute approximate surface area is 101 Å². The van der Waals surface area contributed by atoms with Crippen LogP contribution >= 0.6 is 0 Å². The Morgan fingerprint density at radius 3 is 2.59 bits per heavy atom. The van der Waals surface area contributed by atoms with E-state index in [0.29, 0.717) is 12.8 Å². The molecule has 4 nitrogen and oxygen atoms in total. The van der Waals surface area contributed by atoms with E-state index in [1.807, 2.05) is 32.0 Å². The Balaban J connectivity index is 1.87. The van der Waals surface area contributed by atoms with Crippen molar-refractivity contribution < 1.29 is 4.79 Å². The van der Waals surface area contributed by atoms with Crippen LogP contribution in [0.4, 0.5) is 5.69 Å². The minimum atomic E-state index is -0.291. The molecule has 1 amide bonds. The van der Waals surface area contributed by atoms with Gasteiger partial charge in [-0.15, -0.1) is 0 Å².